The van der Waals surface area contributed by atoms with Crippen LogP contribution < -0.4 is 9.80 Å². The van der Waals surface area contributed by atoms with Crippen molar-refractivity contribution in [3.05, 3.63) is 48.2 Å². The van der Waals surface area contributed by atoms with Crippen LogP contribution in [0.2, 0.25) is 0 Å². The first kappa shape index (κ1) is 18.1. The van der Waals surface area contributed by atoms with E-state index in [1.165, 1.54) is 6.92 Å². The average molecular weight is 390 g/mol. The van der Waals surface area contributed by atoms with Crippen LogP contribution in [0.5, 0.6) is 0 Å². The van der Waals surface area contributed by atoms with Crippen molar-refractivity contribution in [3.63, 3.8) is 0 Å². The molecule has 146 valence electrons. The maximum absolute atomic E-state index is 13.0. The molecular formula is C17H17F3N8. The van der Waals surface area contributed by atoms with E-state index in [4.69, 9.17) is 0 Å². The minimum absolute atomic E-state index is 0.104. The molecule has 0 spiro atoms. The molecule has 1 aliphatic heterocycles. The predicted octanol–water partition coefficient (Wildman–Crippen LogP) is 2.11. The first-order chi connectivity index (χ1) is 13.4. The van der Waals surface area contributed by atoms with Crippen LogP contribution in [0.1, 0.15) is 11.5 Å². The lowest BCUT2D eigenvalue weighted by Crippen LogP contribution is -2.47. The SMILES string of the molecule is Cc1nc(N2CCN(c3ccc(-n4cccn4)nn3)CC2)cc(C(F)(F)F)n1. The standard InChI is InChI=1S/C17H17F3N8/c1-12-22-13(17(18,19)20)11-16(23-12)27-9-7-26(8-10-27)14-3-4-15(25-24-14)28-6-2-5-21-28/h2-6,11H,7-10H2,1H3. The van der Waals surface area contributed by atoms with Gasteiger partial charge in [-0.2, -0.15) is 18.3 Å². The Hall–Kier alpha value is -3.24. The van der Waals surface area contributed by atoms with Crippen LogP contribution in [0.25, 0.3) is 5.82 Å². The Morgan fingerprint density at radius 2 is 1.54 bits per heavy atom. The summed E-state index contributed by atoms with van der Waals surface area (Å²) in [6.45, 7) is 3.71. The van der Waals surface area contributed by atoms with Gasteiger partial charge >= 0.3 is 6.18 Å². The van der Waals surface area contributed by atoms with Crippen molar-refractivity contribution < 1.29 is 13.2 Å². The minimum atomic E-state index is -4.49. The van der Waals surface area contributed by atoms with Gasteiger partial charge in [-0.05, 0) is 25.1 Å². The van der Waals surface area contributed by atoms with Crippen molar-refractivity contribution in [2.75, 3.05) is 36.0 Å². The van der Waals surface area contributed by atoms with E-state index in [0.29, 0.717) is 43.6 Å². The van der Waals surface area contributed by atoms with Crippen molar-refractivity contribution in [2.45, 2.75) is 13.1 Å². The number of hydrogen-bond acceptors (Lipinski definition) is 7. The molecule has 11 heteroatoms. The number of rotatable bonds is 3. The van der Waals surface area contributed by atoms with Gasteiger partial charge in [0.2, 0.25) is 0 Å². The summed E-state index contributed by atoms with van der Waals surface area (Å²) in [6.07, 6.45) is -1.05. The van der Waals surface area contributed by atoms with E-state index in [9.17, 15) is 13.2 Å². The summed E-state index contributed by atoms with van der Waals surface area (Å²) < 4.78 is 40.6. The fourth-order valence-corrected chi connectivity index (χ4v) is 3.04. The quantitative estimate of drug-likeness (QED) is 0.678. The molecule has 4 rings (SSSR count). The zero-order valence-electron chi connectivity index (χ0n) is 15.0. The summed E-state index contributed by atoms with van der Waals surface area (Å²) in [5.74, 6) is 1.72. The van der Waals surface area contributed by atoms with Crippen LogP contribution in [0, 0.1) is 6.92 Å². The van der Waals surface area contributed by atoms with E-state index in [1.54, 1.807) is 23.1 Å². The third-order valence-electron chi connectivity index (χ3n) is 4.42. The van der Waals surface area contributed by atoms with Crippen molar-refractivity contribution in [1.82, 2.24) is 29.9 Å². The highest BCUT2D eigenvalue weighted by molar-refractivity contribution is 5.46. The molecule has 0 amide bonds. The summed E-state index contributed by atoms with van der Waals surface area (Å²) in [5, 5.41) is 12.5. The number of aromatic nitrogens is 6. The molecule has 0 N–H and O–H groups in total. The second-order valence-electron chi connectivity index (χ2n) is 6.33. The number of halogens is 3. The van der Waals surface area contributed by atoms with Gasteiger partial charge < -0.3 is 9.80 Å². The first-order valence-corrected chi connectivity index (χ1v) is 8.67. The molecule has 0 aliphatic carbocycles. The molecule has 8 nitrogen and oxygen atoms in total. The molecule has 0 atom stereocenters. The first-order valence-electron chi connectivity index (χ1n) is 8.67. The number of aryl methyl sites for hydroxylation is 1. The van der Waals surface area contributed by atoms with Crippen LogP contribution in [0.15, 0.2) is 36.7 Å². The lowest BCUT2D eigenvalue weighted by molar-refractivity contribution is -0.141. The van der Waals surface area contributed by atoms with Gasteiger partial charge in [-0.25, -0.2) is 14.6 Å². The van der Waals surface area contributed by atoms with E-state index in [-0.39, 0.29) is 5.82 Å². The molecule has 0 bridgehead atoms. The van der Waals surface area contributed by atoms with Crippen molar-refractivity contribution >= 4 is 11.6 Å². The maximum atomic E-state index is 13.0. The molecule has 1 saturated heterocycles. The fourth-order valence-electron chi connectivity index (χ4n) is 3.04. The van der Waals surface area contributed by atoms with Gasteiger partial charge in [0.05, 0.1) is 0 Å². The van der Waals surface area contributed by atoms with Crippen LogP contribution in [0.3, 0.4) is 0 Å². The van der Waals surface area contributed by atoms with Gasteiger partial charge in [0, 0.05) is 44.6 Å². The maximum Gasteiger partial charge on any atom is 0.433 e. The lowest BCUT2D eigenvalue weighted by atomic mass is 10.2. The van der Waals surface area contributed by atoms with Crippen LogP contribution in [-0.2, 0) is 6.18 Å². The molecule has 0 radical (unpaired) electrons. The molecule has 1 aliphatic rings. The Labute approximate surface area is 158 Å². The normalized spacial score (nSPS) is 15.1. The Bertz CT molecular complexity index is 932. The number of piperazine rings is 1. The Morgan fingerprint density at radius 1 is 0.893 bits per heavy atom. The molecule has 4 heterocycles. The number of nitrogens with zero attached hydrogens (tertiary/aromatic N) is 8. The van der Waals surface area contributed by atoms with Crippen LogP contribution in [0.4, 0.5) is 24.8 Å². The molecule has 28 heavy (non-hydrogen) atoms. The van der Waals surface area contributed by atoms with E-state index < -0.39 is 11.9 Å². The Morgan fingerprint density at radius 3 is 2.11 bits per heavy atom. The highest BCUT2D eigenvalue weighted by Gasteiger charge is 2.34. The van der Waals surface area contributed by atoms with E-state index in [0.717, 1.165) is 6.07 Å². The summed E-state index contributed by atoms with van der Waals surface area (Å²) >= 11 is 0. The highest BCUT2D eigenvalue weighted by atomic mass is 19.4. The third-order valence-corrected chi connectivity index (χ3v) is 4.42. The van der Waals surface area contributed by atoms with E-state index in [1.807, 2.05) is 21.9 Å². The molecule has 1 fully saturated rings. The summed E-state index contributed by atoms with van der Waals surface area (Å²) in [6, 6.07) is 6.48. The average Bonchev–Trinajstić information content (AvgIpc) is 3.22. The van der Waals surface area contributed by atoms with Gasteiger partial charge in [-0.3, -0.25) is 0 Å². The van der Waals surface area contributed by atoms with E-state index >= 15 is 0 Å². The summed E-state index contributed by atoms with van der Waals surface area (Å²) in [7, 11) is 0. The second kappa shape index (κ2) is 7.06. The van der Waals surface area contributed by atoms with Gasteiger partial charge in [0.1, 0.15) is 17.3 Å². The molecule has 3 aromatic heterocycles. The van der Waals surface area contributed by atoms with Crippen molar-refractivity contribution in [2.24, 2.45) is 0 Å². The second-order valence-corrected chi connectivity index (χ2v) is 6.33. The number of anilines is 2. The molecule has 0 aromatic carbocycles. The largest absolute Gasteiger partial charge is 0.433 e. The number of alkyl halides is 3. The van der Waals surface area contributed by atoms with Crippen LogP contribution >= 0.6 is 0 Å². The molecule has 0 saturated carbocycles. The van der Waals surface area contributed by atoms with Gasteiger partial charge in [0.15, 0.2) is 11.6 Å². The number of hydrogen-bond donors (Lipinski definition) is 0. The monoisotopic (exact) mass is 390 g/mol. The Balaban J connectivity index is 1.44. The molecular weight excluding hydrogens is 373 g/mol. The third kappa shape index (κ3) is 3.73. The van der Waals surface area contributed by atoms with Gasteiger partial charge in [-0.1, -0.05) is 0 Å². The Kier molecular flexibility index (Phi) is 4.57. The summed E-state index contributed by atoms with van der Waals surface area (Å²) in [5.41, 5.74) is -0.919. The zero-order valence-corrected chi connectivity index (χ0v) is 15.0. The van der Waals surface area contributed by atoms with Crippen LogP contribution in [-0.4, -0.2) is 56.1 Å². The van der Waals surface area contributed by atoms with Crippen molar-refractivity contribution in [3.8, 4) is 5.82 Å². The minimum Gasteiger partial charge on any atom is -0.353 e. The smallest absolute Gasteiger partial charge is 0.353 e. The van der Waals surface area contributed by atoms with E-state index in [2.05, 4.69) is 25.3 Å². The van der Waals surface area contributed by atoms with Crippen molar-refractivity contribution in [1.29, 1.82) is 0 Å². The van der Waals surface area contributed by atoms with Gasteiger partial charge in [0.25, 0.3) is 0 Å². The van der Waals surface area contributed by atoms with Gasteiger partial charge in [-0.15, -0.1) is 10.2 Å². The highest BCUT2D eigenvalue weighted by Crippen LogP contribution is 2.30. The topological polar surface area (TPSA) is 75.9 Å². The summed E-state index contributed by atoms with van der Waals surface area (Å²) in [4.78, 5) is 11.5. The zero-order chi connectivity index (χ0) is 19.7. The molecule has 3 aromatic rings. The lowest BCUT2D eigenvalue weighted by Gasteiger charge is -2.36. The fraction of sp³-hybridized carbons (Fsp3) is 0.353. The predicted molar refractivity (Wildman–Crippen MR) is 95.4 cm³/mol. The molecule has 0 unspecified atom stereocenters.